The Bertz CT molecular complexity index is 358. The predicted molar refractivity (Wildman–Crippen MR) is 62.1 cm³/mol. The van der Waals surface area contributed by atoms with E-state index >= 15 is 0 Å². The Morgan fingerprint density at radius 2 is 2.41 bits per heavy atom. The van der Waals surface area contributed by atoms with Crippen molar-refractivity contribution >= 4 is 0 Å². The maximum absolute atomic E-state index is 8.67. The third-order valence-electron chi connectivity index (χ3n) is 2.11. The van der Waals surface area contributed by atoms with Gasteiger partial charge >= 0.3 is 0 Å². The first-order valence-corrected chi connectivity index (χ1v) is 5.58. The summed E-state index contributed by atoms with van der Waals surface area (Å²) < 4.78 is 1.72. The molecule has 0 fully saturated rings. The van der Waals surface area contributed by atoms with E-state index in [9.17, 15) is 0 Å². The maximum atomic E-state index is 8.67. The molecule has 17 heavy (non-hydrogen) atoms. The van der Waals surface area contributed by atoms with Crippen LogP contribution in [-0.4, -0.2) is 39.8 Å². The fourth-order valence-corrected chi connectivity index (χ4v) is 1.30. The average Bonchev–Trinajstić information content (AvgIpc) is 2.79. The number of hydrogen-bond donors (Lipinski definition) is 2. The van der Waals surface area contributed by atoms with E-state index in [1.165, 1.54) is 0 Å². The summed E-state index contributed by atoms with van der Waals surface area (Å²) in [5.41, 5.74) is 8.94. The molecule has 0 aliphatic rings. The Labute approximate surface area is 99.3 Å². The van der Waals surface area contributed by atoms with Gasteiger partial charge in [-0.3, -0.25) is 4.68 Å². The standard InChI is InChI=1S/C9H17N7O/c10-14-12-4-1-3-11-7-9-8-16(15-13-9)5-2-6-17/h8,11,17H,1-7H2. The quantitative estimate of drug-likeness (QED) is 0.282. The summed E-state index contributed by atoms with van der Waals surface area (Å²) in [4.78, 5) is 2.67. The number of nitrogens with zero attached hydrogens (tertiary/aromatic N) is 6. The minimum Gasteiger partial charge on any atom is -0.396 e. The van der Waals surface area contributed by atoms with Gasteiger partial charge in [0.2, 0.25) is 0 Å². The second-order valence-corrected chi connectivity index (χ2v) is 3.53. The van der Waals surface area contributed by atoms with Crippen LogP contribution in [0.3, 0.4) is 0 Å². The highest BCUT2D eigenvalue weighted by Gasteiger charge is 1.99. The molecule has 8 heteroatoms. The van der Waals surface area contributed by atoms with Gasteiger partial charge < -0.3 is 10.4 Å². The fraction of sp³-hybridized carbons (Fsp3) is 0.778. The van der Waals surface area contributed by atoms with Gasteiger partial charge in [-0.1, -0.05) is 10.3 Å². The molecule has 0 aromatic carbocycles. The van der Waals surface area contributed by atoms with Crippen LogP contribution in [0.1, 0.15) is 18.5 Å². The van der Waals surface area contributed by atoms with Crippen molar-refractivity contribution < 1.29 is 5.11 Å². The normalized spacial score (nSPS) is 10.2. The van der Waals surface area contributed by atoms with Gasteiger partial charge in [0, 0.05) is 37.3 Å². The van der Waals surface area contributed by atoms with E-state index in [2.05, 4.69) is 25.7 Å². The number of hydrogen-bond acceptors (Lipinski definition) is 5. The molecule has 0 amide bonds. The van der Waals surface area contributed by atoms with E-state index in [1.807, 2.05) is 6.20 Å². The Morgan fingerprint density at radius 1 is 1.53 bits per heavy atom. The molecular formula is C9H17N7O. The zero-order valence-electron chi connectivity index (χ0n) is 9.66. The summed E-state index contributed by atoms with van der Waals surface area (Å²) in [7, 11) is 0. The molecular weight excluding hydrogens is 222 g/mol. The first-order valence-electron chi connectivity index (χ1n) is 5.58. The Kier molecular flexibility index (Phi) is 6.73. The number of azide groups is 1. The van der Waals surface area contributed by atoms with Crippen LogP contribution >= 0.6 is 0 Å². The molecule has 0 aliphatic carbocycles. The molecule has 2 N–H and O–H groups in total. The highest BCUT2D eigenvalue weighted by molar-refractivity contribution is 4.91. The molecule has 0 radical (unpaired) electrons. The van der Waals surface area contributed by atoms with Crippen molar-refractivity contribution in [2.45, 2.75) is 25.9 Å². The Hall–Kier alpha value is -1.63. The molecule has 0 unspecified atom stereocenters. The van der Waals surface area contributed by atoms with Gasteiger partial charge in [-0.15, -0.1) is 5.10 Å². The summed E-state index contributed by atoms with van der Waals surface area (Å²) in [5, 5.41) is 23.2. The van der Waals surface area contributed by atoms with Crippen LogP contribution < -0.4 is 5.32 Å². The second kappa shape index (κ2) is 8.51. The molecule has 1 aromatic heterocycles. The van der Waals surface area contributed by atoms with Crippen LogP contribution in [0.25, 0.3) is 10.4 Å². The minimum atomic E-state index is 0.160. The smallest absolute Gasteiger partial charge is 0.0964 e. The van der Waals surface area contributed by atoms with Gasteiger partial charge in [0.1, 0.15) is 0 Å². The lowest BCUT2D eigenvalue weighted by molar-refractivity contribution is 0.276. The van der Waals surface area contributed by atoms with E-state index in [1.54, 1.807) is 4.68 Å². The lowest BCUT2D eigenvalue weighted by Gasteiger charge is -1.99. The molecule has 1 rings (SSSR count). The zero-order chi connectivity index (χ0) is 12.3. The van der Waals surface area contributed by atoms with Crippen LogP contribution in [0.2, 0.25) is 0 Å². The van der Waals surface area contributed by atoms with Crippen LogP contribution in [0.5, 0.6) is 0 Å². The zero-order valence-corrected chi connectivity index (χ0v) is 9.66. The van der Waals surface area contributed by atoms with Gasteiger partial charge in [-0.2, -0.15) is 0 Å². The van der Waals surface area contributed by atoms with Crippen molar-refractivity contribution in [3.05, 3.63) is 22.3 Å². The molecule has 0 bridgehead atoms. The first-order chi connectivity index (χ1) is 8.36. The number of nitrogens with one attached hydrogen (secondary N) is 1. The molecule has 0 atom stereocenters. The fourth-order valence-electron chi connectivity index (χ4n) is 1.30. The molecule has 0 saturated carbocycles. The van der Waals surface area contributed by atoms with Crippen molar-refractivity contribution in [2.75, 3.05) is 19.7 Å². The Morgan fingerprint density at radius 3 is 3.18 bits per heavy atom. The van der Waals surface area contributed by atoms with E-state index in [0.29, 0.717) is 26.1 Å². The van der Waals surface area contributed by atoms with Crippen LogP contribution in [0.15, 0.2) is 11.3 Å². The number of rotatable bonds is 9. The highest BCUT2D eigenvalue weighted by atomic mass is 16.3. The second-order valence-electron chi connectivity index (χ2n) is 3.53. The highest BCUT2D eigenvalue weighted by Crippen LogP contribution is 1.94. The number of aryl methyl sites for hydroxylation is 1. The first kappa shape index (κ1) is 13.4. The average molecular weight is 239 g/mol. The van der Waals surface area contributed by atoms with Crippen LogP contribution in [-0.2, 0) is 13.1 Å². The lowest BCUT2D eigenvalue weighted by Crippen LogP contribution is -2.15. The Balaban J connectivity index is 2.14. The molecule has 0 aliphatic heterocycles. The van der Waals surface area contributed by atoms with E-state index in [-0.39, 0.29) is 6.61 Å². The monoisotopic (exact) mass is 239 g/mol. The maximum Gasteiger partial charge on any atom is 0.0964 e. The third kappa shape index (κ3) is 5.86. The van der Waals surface area contributed by atoms with Crippen molar-refractivity contribution in [3.63, 3.8) is 0 Å². The van der Waals surface area contributed by atoms with Crippen molar-refractivity contribution in [3.8, 4) is 0 Å². The number of aliphatic hydroxyl groups is 1. The van der Waals surface area contributed by atoms with Crippen molar-refractivity contribution in [1.82, 2.24) is 20.3 Å². The molecule has 0 spiro atoms. The van der Waals surface area contributed by atoms with E-state index in [4.69, 9.17) is 10.6 Å². The van der Waals surface area contributed by atoms with Crippen molar-refractivity contribution in [2.24, 2.45) is 5.11 Å². The number of aromatic nitrogens is 3. The van der Waals surface area contributed by atoms with Gasteiger partial charge in [-0.05, 0) is 24.9 Å². The summed E-state index contributed by atoms with van der Waals surface area (Å²) in [6.45, 7) is 2.78. The van der Waals surface area contributed by atoms with Gasteiger partial charge in [-0.25, -0.2) is 0 Å². The van der Waals surface area contributed by atoms with E-state index in [0.717, 1.165) is 18.7 Å². The van der Waals surface area contributed by atoms with E-state index < -0.39 is 0 Å². The summed E-state index contributed by atoms with van der Waals surface area (Å²) in [5.74, 6) is 0. The van der Waals surface area contributed by atoms with Gasteiger partial charge in [0.05, 0.1) is 5.69 Å². The minimum absolute atomic E-state index is 0.160. The topological polar surface area (TPSA) is 112 Å². The summed E-state index contributed by atoms with van der Waals surface area (Å²) >= 11 is 0. The summed E-state index contributed by atoms with van der Waals surface area (Å²) in [6, 6.07) is 0. The van der Waals surface area contributed by atoms with Gasteiger partial charge in [0.15, 0.2) is 0 Å². The van der Waals surface area contributed by atoms with Gasteiger partial charge in [0.25, 0.3) is 0 Å². The lowest BCUT2D eigenvalue weighted by atomic mass is 10.4. The summed E-state index contributed by atoms with van der Waals surface area (Å²) in [6.07, 6.45) is 3.35. The SMILES string of the molecule is [N-]=[N+]=NCCCNCc1cn(CCCO)nn1. The number of aliphatic hydroxyl groups excluding tert-OH is 1. The van der Waals surface area contributed by atoms with Crippen molar-refractivity contribution in [1.29, 1.82) is 0 Å². The molecule has 0 saturated heterocycles. The van der Waals surface area contributed by atoms with Crippen LogP contribution in [0, 0.1) is 0 Å². The molecule has 1 aromatic rings. The molecule has 8 nitrogen and oxygen atoms in total. The largest absolute Gasteiger partial charge is 0.396 e. The molecule has 94 valence electrons. The molecule has 1 heterocycles. The predicted octanol–water partition coefficient (Wildman–Crippen LogP) is 0.450. The van der Waals surface area contributed by atoms with Crippen LogP contribution in [0.4, 0.5) is 0 Å². The third-order valence-corrected chi connectivity index (χ3v) is 2.11.